The molecule has 0 aromatic carbocycles. The SMILES string of the molecule is CCOc1nc(NC)nc(SCC2CCCC2)n1. The lowest BCUT2D eigenvalue weighted by Crippen LogP contribution is -2.05. The number of rotatable bonds is 6. The molecule has 1 aliphatic rings. The summed E-state index contributed by atoms with van der Waals surface area (Å²) in [7, 11) is 1.80. The maximum Gasteiger partial charge on any atom is 0.322 e. The van der Waals surface area contributed by atoms with Gasteiger partial charge in [0, 0.05) is 12.8 Å². The van der Waals surface area contributed by atoms with E-state index in [0.29, 0.717) is 18.6 Å². The van der Waals surface area contributed by atoms with Gasteiger partial charge in [-0.3, -0.25) is 0 Å². The summed E-state index contributed by atoms with van der Waals surface area (Å²) in [6.07, 6.45) is 5.42. The predicted octanol–water partition coefficient (Wildman–Crippen LogP) is 2.59. The lowest BCUT2D eigenvalue weighted by molar-refractivity contribution is 0.308. The number of hydrogen-bond donors (Lipinski definition) is 1. The Labute approximate surface area is 112 Å². The summed E-state index contributed by atoms with van der Waals surface area (Å²) in [5.41, 5.74) is 0. The third-order valence-electron chi connectivity index (χ3n) is 3.01. The zero-order chi connectivity index (χ0) is 12.8. The Hall–Kier alpha value is -1.04. The van der Waals surface area contributed by atoms with Gasteiger partial charge in [0.2, 0.25) is 5.95 Å². The number of hydrogen-bond acceptors (Lipinski definition) is 6. The third-order valence-corrected chi connectivity index (χ3v) is 4.09. The van der Waals surface area contributed by atoms with Crippen LogP contribution >= 0.6 is 11.8 Å². The van der Waals surface area contributed by atoms with E-state index >= 15 is 0 Å². The number of aromatic nitrogens is 3. The van der Waals surface area contributed by atoms with Crippen LogP contribution in [-0.4, -0.2) is 34.4 Å². The zero-order valence-electron chi connectivity index (χ0n) is 11.0. The van der Waals surface area contributed by atoms with Gasteiger partial charge in [-0.25, -0.2) is 0 Å². The molecule has 0 amide bonds. The van der Waals surface area contributed by atoms with Crippen LogP contribution in [0.5, 0.6) is 6.01 Å². The molecule has 6 heteroatoms. The van der Waals surface area contributed by atoms with Gasteiger partial charge < -0.3 is 10.1 Å². The van der Waals surface area contributed by atoms with E-state index in [1.165, 1.54) is 25.7 Å². The first-order valence-electron chi connectivity index (χ1n) is 6.51. The molecule has 0 atom stereocenters. The molecule has 1 aromatic heterocycles. The topological polar surface area (TPSA) is 59.9 Å². The molecule has 0 bridgehead atoms. The molecule has 1 fully saturated rings. The van der Waals surface area contributed by atoms with Crippen LogP contribution in [0.3, 0.4) is 0 Å². The molecule has 1 N–H and O–H groups in total. The zero-order valence-corrected chi connectivity index (χ0v) is 11.8. The quantitative estimate of drug-likeness (QED) is 0.800. The van der Waals surface area contributed by atoms with E-state index in [1.807, 2.05) is 6.92 Å². The average molecular weight is 268 g/mol. The van der Waals surface area contributed by atoms with Gasteiger partial charge in [0.25, 0.3) is 0 Å². The lowest BCUT2D eigenvalue weighted by atomic mass is 10.1. The fourth-order valence-corrected chi connectivity index (χ4v) is 3.09. The summed E-state index contributed by atoms with van der Waals surface area (Å²) < 4.78 is 5.35. The molecule has 0 radical (unpaired) electrons. The minimum atomic E-state index is 0.408. The highest BCUT2D eigenvalue weighted by molar-refractivity contribution is 7.99. The Balaban J connectivity index is 1.98. The van der Waals surface area contributed by atoms with Crippen LogP contribution in [0.4, 0.5) is 5.95 Å². The Morgan fingerprint density at radius 2 is 2.06 bits per heavy atom. The Kier molecular flexibility index (Phi) is 5.04. The molecule has 5 nitrogen and oxygen atoms in total. The van der Waals surface area contributed by atoms with Gasteiger partial charge in [-0.2, -0.15) is 15.0 Å². The molecule has 1 saturated carbocycles. The molecule has 1 aromatic rings. The fourth-order valence-electron chi connectivity index (χ4n) is 2.08. The summed E-state index contributed by atoms with van der Waals surface area (Å²) in [4.78, 5) is 12.8. The van der Waals surface area contributed by atoms with Crippen LogP contribution in [0.2, 0.25) is 0 Å². The second-order valence-corrected chi connectivity index (χ2v) is 5.36. The summed E-state index contributed by atoms with van der Waals surface area (Å²) in [5, 5.41) is 3.69. The maximum atomic E-state index is 5.35. The van der Waals surface area contributed by atoms with Crippen LogP contribution in [0, 0.1) is 5.92 Å². The summed E-state index contributed by atoms with van der Waals surface area (Å²) >= 11 is 1.71. The summed E-state index contributed by atoms with van der Waals surface area (Å²) in [6.45, 7) is 2.49. The van der Waals surface area contributed by atoms with E-state index in [4.69, 9.17) is 4.74 Å². The van der Waals surface area contributed by atoms with E-state index in [1.54, 1.807) is 18.8 Å². The molecule has 1 aliphatic carbocycles. The van der Waals surface area contributed by atoms with Crippen molar-refractivity contribution in [1.29, 1.82) is 0 Å². The van der Waals surface area contributed by atoms with Gasteiger partial charge in [-0.1, -0.05) is 24.6 Å². The van der Waals surface area contributed by atoms with Crippen molar-refractivity contribution in [3.63, 3.8) is 0 Å². The highest BCUT2D eigenvalue weighted by atomic mass is 32.2. The highest BCUT2D eigenvalue weighted by Crippen LogP contribution is 2.30. The molecular formula is C12H20N4OS. The second kappa shape index (κ2) is 6.78. The van der Waals surface area contributed by atoms with Crippen LogP contribution in [0.15, 0.2) is 5.16 Å². The molecule has 0 spiro atoms. The van der Waals surface area contributed by atoms with E-state index in [9.17, 15) is 0 Å². The van der Waals surface area contributed by atoms with Crippen LogP contribution in [-0.2, 0) is 0 Å². The van der Waals surface area contributed by atoms with Gasteiger partial charge in [-0.15, -0.1) is 0 Å². The number of ether oxygens (including phenoxy) is 1. The van der Waals surface area contributed by atoms with Crippen LogP contribution < -0.4 is 10.1 Å². The minimum absolute atomic E-state index is 0.408. The Morgan fingerprint density at radius 3 is 2.72 bits per heavy atom. The Morgan fingerprint density at radius 1 is 1.28 bits per heavy atom. The van der Waals surface area contributed by atoms with Crippen molar-refractivity contribution >= 4 is 17.7 Å². The van der Waals surface area contributed by atoms with E-state index in [2.05, 4.69) is 20.3 Å². The maximum absolute atomic E-state index is 5.35. The average Bonchev–Trinajstić information content (AvgIpc) is 2.89. The molecule has 18 heavy (non-hydrogen) atoms. The number of anilines is 1. The van der Waals surface area contributed by atoms with Gasteiger partial charge in [0.1, 0.15) is 0 Å². The van der Waals surface area contributed by atoms with Crippen molar-refractivity contribution in [2.45, 2.75) is 37.8 Å². The summed E-state index contributed by atoms with van der Waals surface area (Å²) in [6, 6.07) is 0.408. The lowest BCUT2D eigenvalue weighted by Gasteiger charge is -2.09. The smallest absolute Gasteiger partial charge is 0.322 e. The number of thioether (sulfide) groups is 1. The number of nitrogens with zero attached hydrogens (tertiary/aromatic N) is 3. The fraction of sp³-hybridized carbons (Fsp3) is 0.750. The van der Waals surface area contributed by atoms with Crippen molar-refractivity contribution in [2.24, 2.45) is 5.92 Å². The largest absolute Gasteiger partial charge is 0.464 e. The van der Waals surface area contributed by atoms with E-state index in [0.717, 1.165) is 16.8 Å². The van der Waals surface area contributed by atoms with Crippen molar-refractivity contribution in [1.82, 2.24) is 15.0 Å². The first-order chi connectivity index (χ1) is 8.81. The van der Waals surface area contributed by atoms with Gasteiger partial charge in [-0.05, 0) is 25.7 Å². The van der Waals surface area contributed by atoms with Crippen LogP contribution in [0.25, 0.3) is 0 Å². The van der Waals surface area contributed by atoms with Gasteiger partial charge >= 0.3 is 6.01 Å². The molecule has 2 rings (SSSR count). The van der Waals surface area contributed by atoms with E-state index < -0.39 is 0 Å². The monoisotopic (exact) mass is 268 g/mol. The van der Waals surface area contributed by atoms with Gasteiger partial charge in [0.15, 0.2) is 5.16 Å². The molecule has 100 valence electrons. The Bertz CT molecular complexity index is 382. The van der Waals surface area contributed by atoms with E-state index in [-0.39, 0.29) is 0 Å². The normalized spacial score (nSPS) is 15.9. The predicted molar refractivity (Wildman–Crippen MR) is 73.2 cm³/mol. The van der Waals surface area contributed by atoms with Crippen molar-refractivity contribution in [3.8, 4) is 6.01 Å². The van der Waals surface area contributed by atoms with Crippen molar-refractivity contribution < 1.29 is 4.74 Å². The molecule has 0 saturated heterocycles. The summed E-state index contributed by atoms with van der Waals surface area (Å²) in [5.74, 6) is 2.49. The minimum Gasteiger partial charge on any atom is -0.464 e. The molecule has 1 heterocycles. The standard InChI is InChI=1S/C12H20N4OS/c1-3-17-11-14-10(13-2)15-12(16-11)18-8-9-6-4-5-7-9/h9H,3-8H2,1-2H3,(H,13,14,15,16). The first kappa shape index (κ1) is 13.4. The van der Waals surface area contributed by atoms with Gasteiger partial charge in [0.05, 0.1) is 6.61 Å². The highest BCUT2D eigenvalue weighted by Gasteiger charge is 2.16. The molecule has 0 aliphatic heterocycles. The first-order valence-corrected chi connectivity index (χ1v) is 7.49. The van der Waals surface area contributed by atoms with Crippen LogP contribution in [0.1, 0.15) is 32.6 Å². The van der Waals surface area contributed by atoms with Crippen molar-refractivity contribution in [2.75, 3.05) is 24.7 Å². The molecular weight excluding hydrogens is 248 g/mol. The van der Waals surface area contributed by atoms with Crippen molar-refractivity contribution in [3.05, 3.63) is 0 Å². The second-order valence-electron chi connectivity index (χ2n) is 4.37. The molecule has 0 unspecified atom stereocenters. The third kappa shape index (κ3) is 3.73. The number of nitrogens with one attached hydrogen (secondary N) is 1.